The molecule has 0 aromatic heterocycles. The number of benzene rings is 2. The molecule has 0 N–H and O–H groups in total. The summed E-state index contributed by atoms with van der Waals surface area (Å²) in [6.45, 7) is 4.26. The molecule has 0 aliphatic rings. The maximum Gasteiger partial charge on any atom is 0.589 e. The maximum absolute atomic E-state index is 13.0. The average molecular weight is 350 g/mol. The van der Waals surface area contributed by atoms with Crippen molar-refractivity contribution in [2.24, 2.45) is 0 Å². The molecule has 2 rings (SSSR count). The number of para-hydroxylation sites is 2. The molecule has 0 saturated carbocycles. The molecule has 0 aliphatic heterocycles. The van der Waals surface area contributed by atoms with Crippen LogP contribution in [0.3, 0.4) is 0 Å². The van der Waals surface area contributed by atoms with E-state index in [0.29, 0.717) is 18.1 Å². The highest BCUT2D eigenvalue weighted by Crippen LogP contribution is 2.50. The topological polar surface area (TPSA) is 54.0 Å². The summed E-state index contributed by atoms with van der Waals surface area (Å²) in [5.41, 5.74) is 0. The molecular weight excluding hydrogens is 327 g/mol. The first kappa shape index (κ1) is 18.5. The zero-order chi connectivity index (χ0) is 17.3. The standard InChI is InChI=1S/C18H23O5P/c1-3-4-15-20-16(2)21-24(19,22-17-11-7-5-8-12-17)23-18-13-9-6-10-14-18/h5-14,16H,3-4,15H2,1-2H3. The van der Waals surface area contributed by atoms with Gasteiger partial charge in [-0.3, -0.25) is 0 Å². The second-order valence-electron chi connectivity index (χ2n) is 5.15. The van der Waals surface area contributed by atoms with Crippen LogP contribution >= 0.6 is 7.82 Å². The predicted octanol–water partition coefficient (Wildman–Crippen LogP) is 5.43. The Morgan fingerprint density at radius 3 is 1.88 bits per heavy atom. The Bertz CT molecular complexity index is 587. The van der Waals surface area contributed by atoms with Crippen LogP contribution in [0.5, 0.6) is 11.5 Å². The minimum Gasteiger partial charge on any atom is -0.395 e. The van der Waals surface area contributed by atoms with Crippen LogP contribution in [0, 0.1) is 0 Å². The van der Waals surface area contributed by atoms with Crippen LogP contribution in [0.25, 0.3) is 0 Å². The van der Waals surface area contributed by atoms with Crippen molar-refractivity contribution < 1.29 is 22.9 Å². The van der Waals surface area contributed by atoms with Gasteiger partial charge in [-0.25, -0.2) is 9.09 Å². The Kier molecular flexibility index (Phi) is 7.32. The Hall–Kier alpha value is -1.81. The molecule has 0 radical (unpaired) electrons. The second kappa shape index (κ2) is 9.48. The van der Waals surface area contributed by atoms with Gasteiger partial charge in [-0.2, -0.15) is 0 Å². The van der Waals surface area contributed by atoms with Crippen molar-refractivity contribution in [3.8, 4) is 11.5 Å². The first-order valence-electron chi connectivity index (χ1n) is 8.00. The molecule has 0 spiro atoms. The Labute approximate surface area is 143 Å². The van der Waals surface area contributed by atoms with Crippen LogP contribution in [-0.4, -0.2) is 12.9 Å². The number of rotatable bonds is 10. The lowest BCUT2D eigenvalue weighted by Crippen LogP contribution is -2.16. The summed E-state index contributed by atoms with van der Waals surface area (Å²) in [6.07, 6.45) is 1.19. The van der Waals surface area contributed by atoms with Crippen LogP contribution < -0.4 is 9.05 Å². The molecule has 2 aromatic carbocycles. The summed E-state index contributed by atoms with van der Waals surface area (Å²) in [5, 5.41) is 0. The first-order valence-corrected chi connectivity index (χ1v) is 9.47. The van der Waals surface area contributed by atoms with E-state index in [2.05, 4.69) is 6.92 Å². The third kappa shape index (κ3) is 6.36. The lowest BCUT2D eigenvalue weighted by molar-refractivity contribution is -0.0778. The molecule has 24 heavy (non-hydrogen) atoms. The average Bonchev–Trinajstić information content (AvgIpc) is 2.56. The van der Waals surface area contributed by atoms with E-state index in [1.54, 1.807) is 55.5 Å². The summed E-state index contributed by atoms with van der Waals surface area (Å²) >= 11 is 0. The van der Waals surface area contributed by atoms with E-state index in [9.17, 15) is 4.57 Å². The van der Waals surface area contributed by atoms with Gasteiger partial charge in [0.1, 0.15) is 11.5 Å². The van der Waals surface area contributed by atoms with Crippen molar-refractivity contribution in [3.05, 3.63) is 60.7 Å². The number of unbranched alkanes of at least 4 members (excludes halogenated alkanes) is 1. The fourth-order valence-corrected chi connectivity index (χ4v) is 3.20. The van der Waals surface area contributed by atoms with Crippen LogP contribution in [0.2, 0.25) is 0 Å². The summed E-state index contributed by atoms with van der Waals surface area (Å²) in [4.78, 5) is 0. The van der Waals surface area contributed by atoms with Crippen molar-refractivity contribution in [2.75, 3.05) is 6.61 Å². The van der Waals surface area contributed by atoms with Crippen LogP contribution in [0.1, 0.15) is 26.7 Å². The van der Waals surface area contributed by atoms with Crippen molar-refractivity contribution in [1.82, 2.24) is 0 Å². The van der Waals surface area contributed by atoms with Crippen LogP contribution in [0.4, 0.5) is 0 Å². The molecule has 0 fully saturated rings. The van der Waals surface area contributed by atoms with Crippen LogP contribution in [0.15, 0.2) is 60.7 Å². The molecule has 130 valence electrons. The third-order valence-electron chi connectivity index (χ3n) is 3.05. The summed E-state index contributed by atoms with van der Waals surface area (Å²) < 4.78 is 35.1. The van der Waals surface area contributed by atoms with Gasteiger partial charge < -0.3 is 13.8 Å². The van der Waals surface area contributed by atoms with Gasteiger partial charge in [0.2, 0.25) is 0 Å². The van der Waals surface area contributed by atoms with E-state index in [-0.39, 0.29) is 0 Å². The highest BCUT2D eigenvalue weighted by atomic mass is 31.2. The normalized spacial score (nSPS) is 12.6. The Balaban J connectivity index is 2.09. The molecule has 1 unspecified atom stereocenters. The van der Waals surface area contributed by atoms with Gasteiger partial charge in [0.05, 0.1) is 0 Å². The van der Waals surface area contributed by atoms with Gasteiger partial charge in [0.15, 0.2) is 6.29 Å². The van der Waals surface area contributed by atoms with E-state index in [0.717, 1.165) is 12.8 Å². The van der Waals surface area contributed by atoms with E-state index < -0.39 is 14.1 Å². The zero-order valence-electron chi connectivity index (χ0n) is 14.0. The summed E-state index contributed by atoms with van der Waals surface area (Å²) in [6, 6.07) is 17.6. The second-order valence-corrected chi connectivity index (χ2v) is 6.62. The lowest BCUT2D eigenvalue weighted by atomic mass is 10.3. The third-order valence-corrected chi connectivity index (χ3v) is 4.47. The molecule has 2 aromatic rings. The molecule has 5 nitrogen and oxygen atoms in total. The predicted molar refractivity (Wildman–Crippen MR) is 93.2 cm³/mol. The Morgan fingerprint density at radius 2 is 1.42 bits per heavy atom. The quantitative estimate of drug-likeness (QED) is 0.325. The van der Waals surface area contributed by atoms with Crippen LogP contribution in [-0.2, 0) is 13.8 Å². The molecule has 0 aliphatic carbocycles. The highest BCUT2D eigenvalue weighted by Gasteiger charge is 2.33. The molecule has 0 bridgehead atoms. The van der Waals surface area contributed by atoms with E-state index in [1.165, 1.54) is 0 Å². The number of hydrogen-bond acceptors (Lipinski definition) is 5. The minimum atomic E-state index is -3.89. The highest BCUT2D eigenvalue weighted by molar-refractivity contribution is 7.49. The van der Waals surface area contributed by atoms with E-state index >= 15 is 0 Å². The summed E-state index contributed by atoms with van der Waals surface area (Å²) in [7, 11) is -3.89. The molecule has 6 heteroatoms. The zero-order valence-corrected chi connectivity index (χ0v) is 14.9. The van der Waals surface area contributed by atoms with Gasteiger partial charge in [-0.1, -0.05) is 49.7 Å². The number of ether oxygens (including phenoxy) is 1. The minimum absolute atomic E-state index is 0.400. The van der Waals surface area contributed by atoms with Gasteiger partial charge in [0, 0.05) is 6.61 Å². The van der Waals surface area contributed by atoms with Gasteiger partial charge >= 0.3 is 7.82 Å². The first-order chi connectivity index (χ1) is 11.6. The molecular formula is C18H23O5P. The monoisotopic (exact) mass is 350 g/mol. The number of hydrogen-bond donors (Lipinski definition) is 0. The number of phosphoric ester groups is 1. The lowest BCUT2D eigenvalue weighted by Gasteiger charge is -2.22. The fourth-order valence-electron chi connectivity index (χ4n) is 1.89. The maximum atomic E-state index is 13.0. The van der Waals surface area contributed by atoms with Gasteiger partial charge in [-0.15, -0.1) is 0 Å². The van der Waals surface area contributed by atoms with Crippen molar-refractivity contribution in [1.29, 1.82) is 0 Å². The van der Waals surface area contributed by atoms with E-state index in [1.807, 2.05) is 12.1 Å². The van der Waals surface area contributed by atoms with Gasteiger partial charge in [-0.05, 0) is 37.6 Å². The molecule has 0 saturated heterocycles. The van der Waals surface area contributed by atoms with Gasteiger partial charge in [0.25, 0.3) is 0 Å². The smallest absolute Gasteiger partial charge is 0.395 e. The van der Waals surface area contributed by atoms with Crippen molar-refractivity contribution in [3.63, 3.8) is 0 Å². The van der Waals surface area contributed by atoms with E-state index in [4.69, 9.17) is 18.3 Å². The van der Waals surface area contributed by atoms with Crippen molar-refractivity contribution in [2.45, 2.75) is 33.0 Å². The fraction of sp³-hybridized carbons (Fsp3) is 0.333. The molecule has 0 heterocycles. The molecule has 1 atom stereocenters. The Morgan fingerprint density at radius 1 is 0.917 bits per heavy atom. The number of phosphoric acid groups is 1. The van der Waals surface area contributed by atoms with Crippen molar-refractivity contribution >= 4 is 7.82 Å². The molecule has 0 amide bonds. The SMILES string of the molecule is CCCCOC(C)OP(=O)(Oc1ccccc1)Oc1ccccc1. The largest absolute Gasteiger partial charge is 0.589 e. The summed E-state index contributed by atoms with van der Waals surface area (Å²) in [5.74, 6) is 0.801.